The summed E-state index contributed by atoms with van der Waals surface area (Å²) in [5.74, 6) is -0.783. The first-order chi connectivity index (χ1) is 12.9. The molecule has 1 heterocycles. The fourth-order valence-corrected chi connectivity index (χ4v) is 3.00. The highest BCUT2D eigenvalue weighted by Gasteiger charge is 2.48. The molecule has 8 heteroatoms. The van der Waals surface area contributed by atoms with Gasteiger partial charge in [-0.25, -0.2) is 9.18 Å². The van der Waals surface area contributed by atoms with Crippen LogP contribution < -0.4 is 16.1 Å². The van der Waals surface area contributed by atoms with E-state index in [9.17, 15) is 14.0 Å². The van der Waals surface area contributed by atoms with E-state index in [0.717, 1.165) is 10.6 Å². The van der Waals surface area contributed by atoms with E-state index in [1.807, 2.05) is 30.3 Å². The van der Waals surface area contributed by atoms with Crippen molar-refractivity contribution in [2.75, 3.05) is 5.32 Å². The van der Waals surface area contributed by atoms with Crippen LogP contribution in [0.3, 0.4) is 0 Å². The van der Waals surface area contributed by atoms with Crippen molar-refractivity contribution in [3.63, 3.8) is 0 Å². The standard InChI is InChI=1S/C19H19FN4O2S/c1-19(12-11-13-5-3-2-4-6-13)16(25)24(18(26)22-19)23-17(27)21-15-9-7-14(20)8-10-15/h2-10H,11-12H2,1H3,(H,22,26)(H2,21,23,27)/t19-/m0/s1. The van der Waals surface area contributed by atoms with Crippen LogP contribution in [0, 0.1) is 5.82 Å². The summed E-state index contributed by atoms with van der Waals surface area (Å²) in [7, 11) is 0. The summed E-state index contributed by atoms with van der Waals surface area (Å²) in [6.45, 7) is 1.69. The van der Waals surface area contributed by atoms with Crippen molar-refractivity contribution in [3.05, 3.63) is 66.0 Å². The number of amides is 3. The topological polar surface area (TPSA) is 73.5 Å². The summed E-state index contributed by atoms with van der Waals surface area (Å²) in [5, 5.41) is 6.44. The first-order valence-electron chi connectivity index (χ1n) is 8.41. The summed E-state index contributed by atoms with van der Waals surface area (Å²) in [5.41, 5.74) is 3.19. The van der Waals surface area contributed by atoms with Crippen LogP contribution in [-0.4, -0.2) is 27.6 Å². The monoisotopic (exact) mass is 386 g/mol. The molecule has 3 amide bonds. The predicted octanol–water partition coefficient (Wildman–Crippen LogP) is 2.97. The largest absolute Gasteiger partial charge is 0.344 e. The Morgan fingerprint density at radius 3 is 2.48 bits per heavy atom. The molecule has 0 spiro atoms. The van der Waals surface area contributed by atoms with Crippen LogP contribution in [0.15, 0.2) is 54.6 Å². The first kappa shape index (κ1) is 18.8. The Morgan fingerprint density at radius 1 is 1.15 bits per heavy atom. The second kappa shape index (κ2) is 7.71. The maximum absolute atomic E-state index is 13.0. The van der Waals surface area contributed by atoms with Gasteiger partial charge in [-0.3, -0.25) is 10.2 Å². The van der Waals surface area contributed by atoms with Crippen LogP contribution in [-0.2, 0) is 11.2 Å². The van der Waals surface area contributed by atoms with Gasteiger partial charge in [0.15, 0.2) is 5.11 Å². The van der Waals surface area contributed by atoms with E-state index in [4.69, 9.17) is 12.2 Å². The van der Waals surface area contributed by atoms with Crippen LogP contribution in [0.25, 0.3) is 0 Å². The molecule has 0 aliphatic carbocycles. The number of thiocarbonyl (C=S) groups is 1. The van der Waals surface area contributed by atoms with E-state index in [2.05, 4.69) is 16.1 Å². The maximum atomic E-state index is 13.0. The van der Waals surface area contributed by atoms with Gasteiger partial charge in [0.2, 0.25) is 0 Å². The number of aryl methyl sites for hydroxylation is 1. The smallest absolute Gasteiger partial charge is 0.331 e. The number of carbonyl (C=O) groups excluding carboxylic acids is 2. The molecule has 0 radical (unpaired) electrons. The zero-order valence-electron chi connectivity index (χ0n) is 14.7. The number of imide groups is 1. The molecule has 27 heavy (non-hydrogen) atoms. The number of carbonyl (C=O) groups is 2. The van der Waals surface area contributed by atoms with E-state index in [-0.39, 0.29) is 10.9 Å². The van der Waals surface area contributed by atoms with Gasteiger partial charge in [-0.15, -0.1) is 0 Å². The molecule has 1 aliphatic rings. The number of anilines is 1. The molecule has 1 fully saturated rings. The average molecular weight is 386 g/mol. The highest BCUT2D eigenvalue weighted by atomic mass is 32.1. The first-order valence-corrected chi connectivity index (χ1v) is 8.82. The SMILES string of the molecule is C[C@@]1(CCc2ccccc2)NC(=O)N(NC(=S)Nc2ccc(F)cc2)C1=O. The van der Waals surface area contributed by atoms with Gasteiger partial charge >= 0.3 is 6.03 Å². The summed E-state index contributed by atoms with van der Waals surface area (Å²) >= 11 is 5.14. The molecule has 1 atom stereocenters. The number of hydrogen-bond acceptors (Lipinski definition) is 3. The van der Waals surface area contributed by atoms with Crippen LogP contribution in [0.2, 0.25) is 0 Å². The molecule has 2 aromatic carbocycles. The third-order valence-corrected chi connectivity index (χ3v) is 4.53. The molecule has 140 valence electrons. The summed E-state index contributed by atoms with van der Waals surface area (Å²) < 4.78 is 13.0. The molecule has 3 N–H and O–H groups in total. The Labute approximate surface area is 161 Å². The normalized spacial score (nSPS) is 19.0. The Hall–Kier alpha value is -3.00. The van der Waals surface area contributed by atoms with Crippen LogP contribution >= 0.6 is 12.2 Å². The number of nitrogens with one attached hydrogen (secondary N) is 3. The lowest BCUT2D eigenvalue weighted by atomic mass is 9.93. The van der Waals surface area contributed by atoms with Crippen LogP contribution in [0.1, 0.15) is 18.9 Å². The molecular formula is C19H19FN4O2S. The van der Waals surface area contributed by atoms with Gasteiger partial charge in [0, 0.05) is 5.69 Å². The van der Waals surface area contributed by atoms with Gasteiger partial charge in [0.25, 0.3) is 5.91 Å². The third kappa shape index (κ3) is 4.40. The number of halogens is 1. The molecule has 1 aliphatic heterocycles. The predicted molar refractivity (Wildman–Crippen MR) is 104 cm³/mol. The van der Waals surface area contributed by atoms with Gasteiger partial charge in [0.1, 0.15) is 11.4 Å². The van der Waals surface area contributed by atoms with Gasteiger partial charge < -0.3 is 10.6 Å². The second-order valence-corrected chi connectivity index (χ2v) is 6.87. The lowest BCUT2D eigenvalue weighted by Crippen LogP contribution is -2.50. The molecule has 0 saturated carbocycles. The highest BCUT2D eigenvalue weighted by molar-refractivity contribution is 7.80. The number of hydrazine groups is 1. The number of nitrogens with zero attached hydrogens (tertiary/aromatic N) is 1. The van der Waals surface area contributed by atoms with E-state index in [1.165, 1.54) is 24.3 Å². The van der Waals surface area contributed by atoms with Crippen molar-refractivity contribution >= 4 is 35.0 Å². The van der Waals surface area contributed by atoms with Gasteiger partial charge in [-0.05, 0) is 61.8 Å². The molecule has 1 saturated heterocycles. The van der Waals surface area contributed by atoms with E-state index < -0.39 is 17.5 Å². The zero-order chi connectivity index (χ0) is 19.4. The molecular weight excluding hydrogens is 367 g/mol. The molecule has 0 aromatic heterocycles. The second-order valence-electron chi connectivity index (χ2n) is 6.46. The van der Waals surface area contributed by atoms with E-state index in [1.54, 1.807) is 6.92 Å². The van der Waals surface area contributed by atoms with Gasteiger partial charge in [0.05, 0.1) is 0 Å². The maximum Gasteiger partial charge on any atom is 0.344 e. The van der Waals surface area contributed by atoms with E-state index >= 15 is 0 Å². The minimum atomic E-state index is -1.02. The number of urea groups is 1. The minimum Gasteiger partial charge on any atom is -0.331 e. The molecule has 0 unspecified atom stereocenters. The Morgan fingerprint density at radius 2 is 1.81 bits per heavy atom. The quantitative estimate of drug-likeness (QED) is 0.544. The van der Waals surface area contributed by atoms with Crippen molar-refractivity contribution < 1.29 is 14.0 Å². The Kier molecular flexibility index (Phi) is 5.36. The zero-order valence-corrected chi connectivity index (χ0v) is 15.5. The van der Waals surface area contributed by atoms with Crippen molar-refractivity contribution in [2.24, 2.45) is 0 Å². The third-order valence-electron chi connectivity index (χ3n) is 4.33. The summed E-state index contributed by atoms with van der Waals surface area (Å²) in [4.78, 5) is 25.0. The molecule has 6 nitrogen and oxygen atoms in total. The van der Waals surface area contributed by atoms with Crippen LogP contribution in [0.5, 0.6) is 0 Å². The summed E-state index contributed by atoms with van der Waals surface area (Å²) in [6, 6.07) is 14.7. The Bertz CT molecular complexity index is 860. The summed E-state index contributed by atoms with van der Waals surface area (Å²) in [6.07, 6.45) is 1.10. The Balaban J connectivity index is 1.61. The van der Waals surface area contributed by atoms with E-state index in [0.29, 0.717) is 18.5 Å². The molecule has 2 aromatic rings. The molecule has 3 rings (SSSR count). The highest BCUT2D eigenvalue weighted by Crippen LogP contribution is 2.22. The number of rotatable bonds is 5. The van der Waals surface area contributed by atoms with Crippen molar-refractivity contribution in [3.8, 4) is 0 Å². The lowest BCUT2D eigenvalue weighted by molar-refractivity contribution is -0.132. The minimum absolute atomic E-state index is 0.0532. The van der Waals surface area contributed by atoms with Gasteiger partial charge in [-0.1, -0.05) is 30.3 Å². The molecule has 0 bridgehead atoms. The van der Waals surface area contributed by atoms with Gasteiger partial charge in [-0.2, -0.15) is 5.01 Å². The van der Waals surface area contributed by atoms with Crippen molar-refractivity contribution in [1.82, 2.24) is 15.8 Å². The average Bonchev–Trinajstić information content (AvgIpc) is 2.86. The number of hydrogen-bond donors (Lipinski definition) is 3. The van der Waals surface area contributed by atoms with Crippen molar-refractivity contribution in [2.45, 2.75) is 25.3 Å². The number of benzene rings is 2. The lowest BCUT2D eigenvalue weighted by Gasteiger charge is -2.22. The fraction of sp³-hybridized carbons (Fsp3) is 0.211. The van der Waals surface area contributed by atoms with Crippen molar-refractivity contribution in [1.29, 1.82) is 0 Å². The fourth-order valence-electron chi connectivity index (χ4n) is 2.79. The van der Waals surface area contributed by atoms with Crippen LogP contribution in [0.4, 0.5) is 14.9 Å².